The summed E-state index contributed by atoms with van der Waals surface area (Å²) in [4.78, 5) is 0. The van der Waals surface area contributed by atoms with E-state index in [-0.39, 0.29) is 5.54 Å². The van der Waals surface area contributed by atoms with E-state index in [9.17, 15) is 0 Å². The molecule has 1 N–H and O–H groups in total. The van der Waals surface area contributed by atoms with Crippen molar-refractivity contribution in [2.24, 2.45) is 11.3 Å². The molecular weight excluding hydrogens is 170 g/mol. The smallest absolute Gasteiger partial charge is 0.0176 e. The van der Waals surface area contributed by atoms with E-state index in [2.05, 4.69) is 53.8 Å². The van der Waals surface area contributed by atoms with Crippen molar-refractivity contribution in [1.82, 2.24) is 5.32 Å². The fraction of sp³-hybridized carbons (Fsp3) is 1.00. The molecule has 0 radical (unpaired) electrons. The maximum Gasteiger partial charge on any atom is 0.0176 e. The first-order valence-corrected chi connectivity index (χ1v) is 6.02. The van der Waals surface area contributed by atoms with Gasteiger partial charge < -0.3 is 5.32 Å². The summed E-state index contributed by atoms with van der Waals surface area (Å²) >= 11 is 0. The fourth-order valence-corrected chi connectivity index (χ4v) is 1.95. The van der Waals surface area contributed by atoms with Crippen molar-refractivity contribution in [3.8, 4) is 0 Å². The van der Waals surface area contributed by atoms with Crippen LogP contribution in [0.3, 0.4) is 0 Å². The summed E-state index contributed by atoms with van der Waals surface area (Å²) in [6.45, 7) is 17.3. The van der Waals surface area contributed by atoms with Gasteiger partial charge in [-0.1, -0.05) is 41.0 Å². The molecule has 0 amide bonds. The molecule has 1 atom stereocenters. The zero-order valence-corrected chi connectivity index (χ0v) is 11.2. The van der Waals surface area contributed by atoms with Crippen molar-refractivity contribution < 1.29 is 0 Å². The standard InChI is InChI=1S/C13H29N/c1-8-11(3)10-12(4,5)13(6,7)14-9-2/h11,14H,8-10H2,1-7H3. The topological polar surface area (TPSA) is 12.0 Å². The Kier molecular flexibility index (Phi) is 5.14. The molecule has 0 saturated heterocycles. The molecule has 0 saturated carbocycles. The predicted octanol–water partition coefficient (Wildman–Crippen LogP) is 3.84. The Hall–Kier alpha value is -0.0400. The minimum Gasteiger partial charge on any atom is -0.312 e. The van der Waals surface area contributed by atoms with E-state index in [0.717, 1.165) is 12.5 Å². The summed E-state index contributed by atoms with van der Waals surface area (Å²) in [5.74, 6) is 0.822. The second-order valence-corrected chi connectivity index (χ2v) is 5.76. The molecule has 14 heavy (non-hydrogen) atoms. The van der Waals surface area contributed by atoms with E-state index in [0.29, 0.717) is 5.41 Å². The zero-order valence-electron chi connectivity index (χ0n) is 11.2. The molecule has 0 spiro atoms. The molecule has 0 aliphatic carbocycles. The third-order valence-corrected chi connectivity index (χ3v) is 3.87. The lowest BCUT2D eigenvalue weighted by Gasteiger charge is -2.44. The van der Waals surface area contributed by atoms with Gasteiger partial charge >= 0.3 is 0 Å². The van der Waals surface area contributed by atoms with Crippen molar-refractivity contribution in [3.63, 3.8) is 0 Å². The summed E-state index contributed by atoms with van der Waals surface area (Å²) in [7, 11) is 0. The minimum absolute atomic E-state index is 0.227. The van der Waals surface area contributed by atoms with Crippen LogP contribution >= 0.6 is 0 Å². The van der Waals surface area contributed by atoms with E-state index >= 15 is 0 Å². The van der Waals surface area contributed by atoms with Gasteiger partial charge in [-0.15, -0.1) is 0 Å². The van der Waals surface area contributed by atoms with Crippen LogP contribution in [0.2, 0.25) is 0 Å². The second kappa shape index (κ2) is 5.16. The fourth-order valence-electron chi connectivity index (χ4n) is 1.95. The summed E-state index contributed by atoms with van der Waals surface area (Å²) in [5, 5.41) is 3.59. The summed E-state index contributed by atoms with van der Waals surface area (Å²) in [5.41, 5.74) is 0.587. The Morgan fingerprint density at radius 3 is 1.93 bits per heavy atom. The molecule has 0 fully saturated rings. The number of hydrogen-bond donors (Lipinski definition) is 1. The highest BCUT2D eigenvalue weighted by molar-refractivity contribution is 4.93. The Balaban J connectivity index is 4.42. The van der Waals surface area contributed by atoms with E-state index < -0.39 is 0 Å². The van der Waals surface area contributed by atoms with Gasteiger partial charge in [0.2, 0.25) is 0 Å². The summed E-state index contributed by atoms with van der Waals surface area (Å²) < 4.78 is 0. The van der Waals surface area contributed by atoms with Crippen molar-refractivity contribution in [2.75, 3.05) is 6.54 Å². The molecule has 0 rings (SSSR count). The van der Waals surface area contributed by atoms with Gasteiger partial charge in [0, 0.05) is 5.54 Å². The van der Waals surface area contributed by atoms with Crippen LogP contribution in [0.25, 0.3) is 0 Å². The Morgan fingerprint density at radius 2 is 1.57 bits per heavy atom. The van der Waals surface area contributed by atoms with Crippen LogP contribution in [0.1, 0.15) is 61.3 Å². The molecular formula is C13H29N. The van der Waals surface area contributed by atoms with Crippen molar-refractivity contribution in [2.45, 2.75) is 66.8 Å². The average molecular weight is 199 g/mol. The van der Waals surface area contributed by atoms with Crippen LogP contribution in [0.5, 0.6) is 0 Å². The Morgan fingerprint density at radius 1 is 1.07 bits per heavy atom. The van der Waals surface area contributed by atoms with Gasteiger partial charge in [0.1, 0.15) is 0 Å². The maximum atomic E-state index is 3.59. The highest BCUT2D eigenvalue weighted by Gasteiger charge is 2.36. The van der Waals surface area contributed by atoms with Gasteiger partial charge in [-0.3, -0.25) is 0 Å². The molecule has 0 heterocycles. The zero-order chi connectivity index (χ0) is 11.4. The lowest BCUT2D eigenvalue weighted by atomic mass is 9.69. The first kappa shape index (κ1) is 14.0. The molecule has 1 nitrogen and oxygen atoms in total. The molecule has 1 heteroatoms. The predicted molar refractivity (Wildman–Crippen MR) is 65.6 cm³/mol. The second-order valence-electron chi connectivity index (χ2n) is 5.76. The molecule has 0 aromatic rings. The van der Waals surface area contributed by atoms with Gasteiger partial charge in [0.25, 0.3) is 0 Å². The third-order valence-electron chi connectivity index (χ3n) is 3.87. The number of hydrogen-bond acceptors (Lipinski definition) is 1. The van der Waals surface area contributed by atoms with E-state index in [1.54, 1.807) is 0 Å². The molecule has 1 unspecified atom stereocenters. The summed E-state index contributed by atoms with van der Waals surface area (Å²) in [6, 6.07) is 0. The molecule has 0 bridgehead atoms. The first-order valence-electron chi connectivity index (χ1n) is 6.02. The Bertz CT molecular complexity index is 159. The first-order chi connectivity index (χ1) is 6.27. The average Bonchev–Trinajstić information content (AvgIpc) is 2.03. The highest BCUT2D eigenvalue weighted by atomic mass is 15.0. The van der Waals surface area contributed by atoms with Crippen LogP contribution in [0, 0.1) is 11.3 Å². The van der Waals surface area contributed by atoms with Crippen LogP contribution in [-0.4, -0.2) is 12.1 Å². The SMILES string of the molecule is CCNC(C)(C)C(C)(C)CC(C)CC. The van der Waals surface area contributed by atoms with Gasteiger partial charge in [-0.25, -0.2) is 0 Å². The summed E-state index contributed by atoms with van der Waals surface area (Å²) in [6.07, 6.45) is 2.58. The van der Waals surface area contributed by atoms with Crippen molar-refractivity contribution in [3.05, 3.63) is 0 Å². The van der Waals surface area contributed by atoms with Gasteiger partial charge in [0.05, 0.1) is 0 Å². The number of rotatable bonds is 6. The van der Waals surface area contributed by atoms with Crippen LogP contribution < -0.4 is 5.32 Å². The maximum absolute atomic E-state index is 3.59. The van der Waals surface area contributed by atoms with Gasteiger partial charge in [-0.05, 0) is 38.1 Å². The third kappa shape index (κ3) is 3.61. The van der Waals surface area contributed by atoms with E-state index in [1.807, 2.05) is 0 Å². The Labute approximate surface area is 90.7 Å². The monoisotopic (exact) mass is 199 g/mol. The molecule has 0 aromatic carbocycles. The highest BCUT2D eigenvalue weighted by Crippen LogP contribution is 2.37. The number of nitrogens with one attached hydrogen (secondary N) is 1. The lowest BCUT2D eigenvalue weighted by Crippen LogP contribution is -2.51. The minimum atomic E-state index is 0.227. The van der Waals surface area contributed by atoms with Crippen molar-refractivity contribution in [1.29, 1.82) is 0 Å². The largest absolute Gasteiger partial charge is 0.312 e. The molecule has 86 valence electrons. The van der Waals surface area contributed by atoms with Crippen LogP contribution in [0.15, 0.2) is 0 Å². The van der Waals surface area contributed by atoms with E-state index in [4.69, 9.17) is 0 Å². The normalized spacial score (nSPS) is 15.6. The molecule has 0 aliphatic heterocycles. The molecule has 0 aromatic heterocycles. The van der Waals surface area contributed by atoms with Crippen LogP contribution in [0.4, 0.5) is 0 Å². The molecule has 0 aliphatic rings. The lowest BCUT2D eigenvalue weighted by molar-refractivity contribution is 0.121. The quantitative estimate of drug-likeness (QED) is 0.685. The van der Waals surface area contributed by atoms with Gasteiger partial charge in [0.15, 0.2) is 0 Å². The van der Waals surface area contributed by atoms with Crippen LogP contribution in [-0.2, 0) is 0 Å². The van der Waals surface area contributed by atoms with Crippen molar-refractivity contribution >= 4 is 0 Å². The van der Waals surface area contributed by atoms with E-state index in [1.165, 1.54) is 12.8 Å². The van der Waals surface area contributed by atoms with Gasteiger partial charge in [-0.2, -0.15) is 0 Å².